The third kappa shape index (κ3) is 2.16. The lowest BCUT2D eigenvalue weighted by molar-refractivity contribution is 1.19. The maximum atomic E-state index is 8.80. The molecule has 1 heterocycles. The Morgan fingerprint density at radius 3 is 2.42 bits per heavy atom. The molecule has 3 rings (SSSR count). The zero-order chi connectivity index (χ0) is 13.2. The molecule has 0 aliphatic heterocycles. The minimum absolute atomic E-state index is 0.667. The van der Waals surface area contributed by atoms with Gasteiger partial charge in [0.15, 0.2) is 0 Å². The fourth-order valence-electron chi connectivity index (χ4n) is 2.02. The van der Waals surface area contributed by atoms with E-state index in [1.807, 2.05) is 49.4 Å². The van der Waals surface area contributed by atoms with E-state index in [2.05, 4.69) is 16.0 Å². The van der Waals surface area contributed by atoms with E-state index in [-0.39, 0.29) is 0 Å². The second-order valence-corrected chi connectivity index (χ2v) is 4.40. The highest BCUT2D eigenvalue weighted by molar-refractivity contribution is 5.81. The van der Waals surface area contributed by atoms with Crippen LogP contribution < -0.4 is 0 Å². The van der Waals surface area contributed by atoms with E-state index in [9.17, 15) is 0 Å². The van der Waals surface area contributed by atoms with Crippen molar-refractivity contribution in [2.45, 2.75) is 6.92 Å². The van der Waals surface area contributed by atoms with Crippen molar-refractivity contribution in [3.8, 4) is 17.2 Å². The lowest BCUT2D eigenvalue weighted by atomic mass is 10.0. The van der Waals surface area contributed by atoms with Crippen molar-refractivity contribution in [2.24, 2.45) is 0 Å². The van der Waals surface area contributed by atoms with Gasteiger partial charge in [0.25, 0.3) is 0 Å². The Hall–Kier alpha value is -2.73. The van der Waals surface area contributed by atoms with Crippen molar-refractivity contribution in [2.75, 3.05) is 0 Å². The van der Waals surface area contributed by atoms with E-state index >= 15 is 0 Å². The van der Waals surface area contributed by atoms with Crippen molar-refractivity contribution in [3.05, 3.63) is 59.9 Å². The maximum Gasteiger partial charge on any atom is 0.0991 e. The topological polar surface area (TPSA) is 49.6 Å². The number of nitriles is 1. The molecule has 0 aliphatic carbocycles. The number of aromatic nitrogens is 2. The number of rotatable bonds is 1. The van der Waals surface area contributed by atoms with Crippen LogP contribution in [0.15, 0.2) is 48.7 Å². The number of fused-ring (bicyclic) bond motifs is 1. The smallest absolute Gasteiger partial charge is 0.0991 e. The Balaban J connectivity index is 2.09. The molecule has 1 aromatic heterocycles. The van der Waals surface area contributed by atoms with E-state index in [1.165, 1.54) is 0 Å². The first kappa shape index (κ1) is 11.4. The third-order valence-electron chi connectivity index (χ3n) is 3.01. The van der Waals surface area contributed by atoms with Crippen LogP contribution >= 0.6 is 0 Å². The molecule has 0 unspecified atom stereocenters. The van der Waals surface area contributed by atoms with Gasteiger partial charge in [0, 0.05) is 6.20 Å². The number of hydrogen-bond donors (Lipinski definition) is 0. The highest BCUT2D eigenvalue weighted by Crippen LogP contribution is 2.23. The molecule has 0 bridgehead atoms. The molecule has 90 valence electrons. The average Bonchev–Trinajstić information content (AvgIpc) is 2.47. The predicted octanol–water partition coefficient (Wildman–Crippen LogP) is 3.48. The van der Waals surface area contributed by atoms with Crippen LogP contribution in [0.25, 0.3) is 22.2 Å². The van der Waals surface area contributed by atoms with E-state index in [1.54, 1.807) is 6.20 Å². The van der Waals surface area contributed by atoms with Crippen LogP contribution in [0.2, 0.25) is 0 Å². The van der Waals surface area contributed by atoms with Crippen molar-refractivity contribution in [3.63, 3.8) is 0 Å². The first-order chi connectivity index (χ1) is 9.26. The molecular formula is C16H11N3. The van der Waals surface area contributed by atoms with Crippen molar-refractivity contribution >= 4 is 11.0 Å². The van der Waals surface area contributed by atoms with Crippen LogP contribution in [-0.4, -0.2) is 9.97 Å². The molecule has 19 heavy (non-hydrogen) atoms. The van der Waals surface area contributed by atoms with Gasteiger partial charge in [-0.1, -0.05) is 18.2 Å². The molecule has 3 nitrogen and oxygen atoms in total. The minimum atomic E-state index is 0.667. The standard InChI is InChI=1S/C16H11N3/c1-11-10-18-16-8-14(6-7-15(16)19-11)13-4-2-12(9-17)3-5-13/h2-8,10H,1H3. The van der Waals surface area contributed by atoms with E-state index in [0.717, 1.165) is 27.9 Å². The van der Waals surface area contributed by atoms with Crippen LogP contribution in [-0.2, 0) is 0 Å². The van der Waals surface area contributed by atoms with Gasteiger partial charge in [-0.05, 0) is 42.3 Å². The van der Waals surface area contributed by atoms with Crippen molar-refractivity contribution < 1.29 is 0 Å². The van der Waals surface area contributed by atoms with Crippen LogP contribution in [0, 0.1) is 18.3 Å². The lowest BCUT2D eigenvalue weighted by Gasteiger charge is -2.04. The molecule has 3 heteroatoms. The molecule has 0 N–H and O–H groups in total. The van der Waals surface area contributed by atoms with Crippen LogP contribution in [0.5, 0.6) is 0 Å². The van der Waals surface area contributed by atoms with Gasteiger partial charge < -0.3 is 0 Å². The number of hydrogen-bond acceptors (Lipinski definition) is 3. The SMILES string of the molecule is Cc1cnc2cc(-c3ccc(C#N)cc3)ccc2n1. The van der Waals surface area contributed by atoms with Gasteiger partial charge in [-0.3, -0.25) is 4.98 Å². The van der Waals surface area contributed by atoms with Crippen LogP contribution in [0.3, 0.4) is 0 Å². The second kappa shape index (κ2) is 4.51. The average molecular weight is 245 g/mol. The van der Waals surface area contributed by atoms with E-state index in [0.29, 0.717) is 5.56 Å². The molecule has 0 atom stereocenters. The normalized spacial score (nSPS) is 10.3. The van der Waals surface area contributed by atoms with Gasteiger partial charge in [0.1, 0.15) is 0 Å². The lowest BCUT2D eigenvalue weighted by Crippen LogP contribution is -1.88. The summed E-state index contributed by atoms with van der Waals surface area (Å²) in [6.07, 6.45) is 1.77. The molecule has 2 aromatic carbocycles. The fourth-order valence-corrected chi connectivity index (χ4v) is 2.02. The Morgan fingerprint density at radius 1 is 0.947 bits per heavy atom. The summed E-state index contributed by atoms with van der Waals surface area (Å²) in [7, 11) is 0. The first-order valence-electron chi connectivity index (χ1n) is 6.00. The Kier molecular flexibility index (Phi) is 2.70. The number of nitrogens with zero attached hydrogens (tertiary/aromatic N) is 3. The van der Waals surface area contributed by atoms with E-state index in [4.69, 9.17) is 5.26 Å². The molecule has 0 saturated heterocycles. The van der Waals surface area contributed by atoms with Gasteiger partial charge in [0.05, 0.1) is 28.4 Å². The van der Waals surface area contributed by atoms with Crippen molar-refractivity contribution in [1.29, 1.82) is 5.26 Å². The quantitative estimate of drug-likeness (QED) is 0.659. The Morgan fingerprint density at radius 2 is 1.68 bits per heavy atom. The van der Waals surface area contributed by atoms with Gasteiger partial charge in [0.2, 0.25) is 0 Å². The summed E-state index contributed by atoms with van der Waals surface area (Å²) in [6.45, 7) is 1.93. The Bertz CT molecular complexity index is 783. The highest BCUT2D eigenvalue weighted by Gasteiger charge is 2.02. The van der Waals surface area contributed by atoms with Gasteiger partial charge in [-0.15, -0.1) is 0 Å². The predicted molar refractivity (Wildman–Crippen MR) is 74.4 cm³/mol. The van der Waals surface area contributed by atoms with Crippen molar-refractivity contribution in [1.82, 2.24) is 9.97 Å². The zero-order valence-corrected chi connectivity index (χ0v) is 10.5. The van der Waals surface area contributed by atoms with Gasteiger partial charge in [-0.25, -0.2) is 4.98 Å². The summed E-state index contributed by atoms with van der Waals surface area (Å²) < 4.78 is 0. The molecule has 0 radical (unpaired) electrons. The zero-order valence-electron chi connectivity index (χ0n) is 10.5. The molecule has 0 fully saturated rings. The maximum absolute atomic E-state index is 8.80. The molecule has 0 spiro atoms. The van der Waals surface area contributed by atoms with Gasteiger partial charge >= 0.3 is 0 Å². The van der Waals surface area contributed by atoms with Gasteiger partial charge in [-0.2, -0.15) is 5.26 Å². The highest BCUT2D eigenvalue weighted by atomic mass is 14.8. The monoisotopic (exact) mass is 245 g/mol. The summed E-state index contributed by atoms with van der Waals surface area (Å²) in [6, 6.07) is 15.7. The summed E-state index contributed by atoms with van der Waals surface area (Å²) in [5.41, 5.74) is 5.52. The third-order valence-corrected chi connectivity index (χ3v) is 3.01. The molecule has 0 amide bonds. The molecule has 3 aromatic rings. The van der Waals surface area contributed by atoms with E-state index < -0.39 is 0 Å². The number of benzene rings is 2. The molecule has 0 aliphatic rings. The minimum Gasteiger partial charge on any atom is -0.253 e. The van der Waals surface area contributed by atoms with Crippen LogP contribution in [0.1, 0.15) is 11.3 Å². The summed E-state index contributed by atoms with van der Waals surface area (Å²) in [5.74, 6) is 0. The summed E-state index contributed by atoms with van der Waals surface area (Å²) in [5, 5.41) is 8.80. The molecular weight excluding hydrogens is 234 g/mol. The number of aryl methyl sites for hydroxylation is 1. The summed E-state index contributed by atoms with van der Waals surface area (Å²) >= 11 is 0. The fraction of sp³-hybridized carbons (Fsp3) is 0.0625. The molecule has 0 saturated carbocycles. The largest absolute Gasteiger partial charge is 0.253 e. The summed E-state index contributed by atoms with van der Waals surface area (Å²) in [4.78, 5) is 8.82. The van der Waals surface area contributed by atoms with Crippen LogP contribution in [0.4, 0.5) is 0 Å². The second-order valence-electron chi connectivity index (χ2n) is 4.40. The first-order valence-corrected chi connectivity index (χ1v) is 6.00. The Labute approximate surface area is 111 Å².